The van der Waals surface area contributed by atoms with Crippen LogP contribution in [0.15, 0.2) is 42.9 Å². The maximum Gasteiger partial charge on any atom is 0.335 e. The standard InChI is InChI=1S/C29H34ClN7O9/c1-44-19-6-5-15(10-18(19)30)11-33-25-17(26(41)34-13-20-31-7-3-8-32-20)12-35-29(36-25)37-9-2-4-16(37)14-45-28-23(40)21(38)22(39)24(46-28)27(42)43/h3,5-8,10,12,16,21-24,28,38-40H,2,4,9,11,13-14H2,1H3,(H,34,41)(H,42,43)(H,33,35,36)/t16-,21-,22-,23+,24-,28?/m0/s1. The number of carbonyl (C=O) groups is 2. The summed E-state index contributed by atoms with van der Waals surface area (Å²) in [5.74, 6) is -0.446. The minimum absolute atomic E-state index is 0.0351. The lowest BCUT2D eigenvalue weighted by atomic mass is 9.99. The van der Waals surface area contributed by atoms with Crippen LogP contribution in [0.3, 0.4) is 0 Å². The third-order valence-electron chi connectivity index (χ3n) is 7.62. The lowest BCUT2D eigenvalue weighted by Gasteiger charge is -2.39. The highest BCUT2D eigenvalue weighted by atomic mass is 35.5. The molecular weight excluding hydrogens is 626 g/mol. The van der Waals surface area contributed by atoms with Crippen LogP contribution >= 0.6 is 11.6 Å². The van der Waals surface area contributed by atoms with Gasteiger partial charge in [-0.2, -0.15) is 4.98 Å². The molecule has 0 aliphatic carbocycles. The van der Waals surface area contributed by atoms with Gasteiger partial charge in [0.2, 0.25) is 5.95 Å². The number of rotatable bonds is 12. The molecule has 2 aliphatic heterocycles. The molecule has 6 N–H and O–H groups in total. The lowest BCUT2D eigenvalue weighted by molar-refractivity contribution is -0.294. The van der Waals surface area contributed by atoms with E-state index in [2.05, 4.69) is 30.6 Å². The summed E-state index contributed by atoms with van der Waals surface area (Å²) >= 11 is 6.30. The van der Waals surface area contributed by atoms with Crippen LogP contribution in [-0.2, 0) is 27.4 Å². The number of aliphatic hydroxyl groups excluding tert-OH is 3. The molecule has 46 heavy (non-hydrogen) atoms. The first-order valence-electron chi connectivity index (χ1n) is 14.4. The molecule has 1 unspecified atom stereocenters. The highest BCUT2D eigenvalue weighted by molar-refractivity contribution is 6.32. The summed E-state index contributed by atoms with van der Waals surface area (Å²) in [7, 11) is 1.52. The van der Waals surface area contributed by atoms with Gasteiger partial charge in [0, 0.05) is 31.7 Å². The van der Waals surface area contributed by atoms with Crippen LogP contribution in [0.1, 0.15) is 34.6 Å². The number of aliphatic carboxylic acids is 1. The minimum Gasteiger partial charge on any atom is -0.495 e. The van der Waals surface area contributed by atoms with E-state index in [0.29, 0.717) is 35.5 Å². The number of benzene rings is 1. The van der Waals surface area contributed by atoms with E-state index in [1.807, 2.05) is 11.0 Å². The van der Waals surface area contributed by atoms with Crippen LogP contribution in [0, 0.1) is 0 Å². The number of aromatic nitrogens is 4. The van der Waals surface area contributed by atoms with Gasteiger partial charge in [-0.15, -0.1) is 0 Å². The number of ether oxygens (including phenoxy) is 3. The van der Waals surface area contributed by atoms with Gasteiger partial charge >= 0.3 is 5.97 Å². The maximum atomic E-state index is 13.2. The van der Waals surface area contributed by atoms with Gasteiger partial charge in [-0.1, -0.05) is 17.7 Å². The molecule has 16 nitrogen and oxygen atoms in total. The summed E-state index contributed by atoms with van der Waals surface area (Å²) in [5, 5.41) is 46.1. The van der Waals surface area contributed by atoms with Crippen molar-refractivity contribution in [1.82, 2.24) is 25.3 Å². The number of aliphatic hydroxyl groups is 3. The summed E-state index contributed by atoms with van der Waals surface area (Å²) in [6.45, 7) is 0.868. The minimum atomic E-state index is -1.82. The molecule has 0 spiro atoms. The number of halogens is 1. The molecule has 1 amide bonds. The van der Waals surface area contributed by atoms with E-state index in [1.54, 1.807) is 30.6 Å². The van der Waals surface area contributed by atoms with Gasteiger partial charge in [-0.25, -0.2) is 19.7 Å². The van der Waals surface area contributed by atoms with Crippen molar-refractivity contribution in [3.05, 3.63) is 64.8 Å². The van der Waals surface area contributed by atoms with E-state index < -0.39 is 42.6 Å². The highest BCUT2D eigenvalue weighted by Gasteiger charge is 2.47. The Balaban J connectivity index is 1.33. The Hall–Kier alpha value is -4.19. The Morgan fingerprint density at radius 2 is 1.89 bits per heavy atom. The fourth-order valence-electron chi connectivity index (χ4n) is 5.16. The van der Waals surface area contributed by atoms with Crippen LogP contribution < -0.4 is 20.3 Å². The van der Waals surface area contributed by atoms with Crippen molar-refractivity contribution in [1.29, 1.82) is 0 Å². The Morgan fingerprint density at radius 3 is 2.61 bits per heavy atom. The Labute approximate surface area is 268 Å². The van der Waals surface area contributed by atoms with E-state index in [9.17, 15) is 30.0 Å². The molecule has 1 aromatic carbocycles. The molecule has 0 saturated carbocycles. The molecule has 3 aromatic rings. The second kappa shape index (κ2) is 14.9. The van der Waals surface area contributed by atoms with E-state index >= 15 is 0 Å². The van der Waals surface area contributed by atoms with Crippen molar-refractivity contribution in [2.45, 2.75) is 62.7 Å². The lowest BCUT2D eigenvalue weighted by Crippen LogP contribution is -2.60. The molecule has 0 radical (unpaired) electrons. The average molecular weight is 660 g/mol. The Bertz CT molecular complexity index is 1520. The zero-order valence-electron chi connectivity index (χ0n) is 24.7. The van der Waals surface area contributed by atoms with Crippen molar-refractivity contribution < 1.29 is 44.2 Å². The summed E-state index contributed by atoms with van der Waals surface area (Å²) in [4.78, 5) is 44.0. The van der Waals surface area contributed by atoms with Crippen molar-refractivity contribution in [2.24, 2.45) is 0 Å². The van der Waals surface area contributed by atoms with E-state index in [4.69, 9.17) is 25.8 Å². The molecule has 2 aliphatic rings. The first-order valence-corrected chi connectivity index (χ1v) is 14.8. The largest absolute Gasteiger partial charge is 0.495 e. The molecule has 6 atom stereocenters. The smallest absolute Gasteiger partial charge is 0.335 e. The second-order valence-electron chi connectivity index (χ2n) is 10.7. The van der Waals surface area contributed by atoms with Gasteiger partial charge < -0.3 is 50.2 Å². The number of hydrogen-bond acceptors (Lipinski definition) is 14. The van der Waals surface area contributed by atoms with Crippen molar-refractivity contribution in [2.75, 3.05) is 30.5 Å². The van der Waals surface area contributed by atoms with Crippen LogP contribution in [0.25, 0.3) is 0 Å². The predicted octanol–water partition coefficient (Wildman–Crippen LogP) is 0.348. The number of nitrogens with zero attached hydrogens (tertiary/aromatic N) is 5. The number of anilines is 2. The van der Waals surface area contributed by atoms with Crippen LogP contribution in [0.5, 0.6) is 5.75 Å². The number of amides is 1. The number of methoxy groups -OCH3 is 1. The fourth-order valence-corrected chi connectivity index (χ4v) is 5.44. The van der Waals surface area contributed by atoms with Gasteiger partial charge in [0.15, 0.2) is 12.4 Å². The first kappa shape index (κ1) is 33.2. The van der Waals surface area contributed by atoms with E-state index in [0.717, 1.165) is 12.0 Å². The van der Waals surface area contributed by atoms with Crippen LogP contribution in [-0.4, -0.2) is 109 Å². The molecule has 4 heterocycles. The van der Waals surface area contributed by atoms with Crippen molar-refractivity contribution >= 4 is 35.2 Å². The summed E-state index contributed by atoms with van der Waals surface area (Å²) < 4.78 is 16.2. The summed E-state index contributed by atoms with van der Waals surface area (Å²) in [6, 6.07) is 6.66. The third kappa shape index (κ3) is 7.60. The van der Waals surface area contributed by atoms with Gasteiger partial charge in [0.05, 0.1) is 31.3 Å². The zero-order valence-corrected chi connectivity index (χ0v) is 25.4. The quantitative estimate of drug-likeness (QED) is 0.154. The molecule has 2 fully saturated rings. The summed E-state index contributed by atoms with van der Waals surface area (Å²) in [6.07, 6.45) is -2.57. The second-order valence-corrected chi connectivity index (χ2v) is 11.1. The first-order chi connectivity index (χ1) is 22.2. The Morgan fingerprint density at radius 1 is 1.11 bits per heavy atom. The van der Waals surface area contributed by atoms with Gasteiger partial charge in [-0.05, 0) is 36.6 Å². The number of carbonyl (C=O) groups excluding carboxylic acids is 1. The van der Waals surface area contributed by atoms with Crippen LogP contribution in [0.2, 0.25) is 5.02 Å². The highest BCUT2D eigenvalue weighted by Crippen LogP contribution is 2.29. The van der Waals surface area contributed by atoms with E-state index in [-0.39, 0.29) is 37.1 Å². The summed E-state index contributed by atoms with van der Waals surface area (Å²) in [5.41, 5.74) is 0.984. The monoisotopic (exact) mass is 659 g/mol. The Kier molecular flexibility index (Phi) is 10.8. The average Bonchev–Trinajstić information content (AvgIpc) is 3.54. The topological polar surface area (TPSA) is 222 Å². The zero-order chi connectivity index (χ0) is 32.8. The molecule has 246 valence electrons. The molecule has 5 rings (SSSR count). The normalized spacial score (nSPS) is 24.4. The SMILES string of the molecule is COc1ccc(CNc2nc(N3CCC[C@H]3COC3O[C@H](C(=O)O)[C@@H](O)[C@H](O)[C@H]3O)ncc2C(=O)NCc2ncccn2)cc1Cl. The fraction of sp³-hybridized carbons (Fsp3) is 0.448. The molecule has 17 heteroatoms. The third-order valence-corrected chi connectivity index (χ3v) is 7.92. The molecular formula is C29H34ClN7O9. The van der Waals surface area contributed by atoms with Gasteiger partial charge in [-0.3, -0.25) is 4.79 Å². The number of nitrogens with one attached hydrogen (secondary N) is 2. The molecule has 2 saturated heterocycles. The van der Waals surface area contributed by atoms with Crippen molar-refractivity contribution in [3.8, 4) is 5.75 Å². The van der Waals surface area contributed by atoms with Crippen molar-refractivity contribution in [3.63, 3.8) is 0 Å². The van der Waals surface area contributed by atoms with Gasteiger partial charge in [0.1, 0.15) is 41.3 Å². The van der Waals surface area contributed by atoms with Gasteiger partial charge in [0.25, 0.3) is 5.91 Å². The molecule has 2 aromatic heterocycles. The number of carboxylic acids is 1. The molecule has 0 bridgehead atoms. The van der Waals surface area contributed by atoms with Crippen LogP contribution in [0.4, 0.5) is 11.8 Å². The maximum absolute atomic E-state index is 13.2. The predicted molar refractivity (Wildman–Crippen MR) is 161 cm³/mol. The van der Waals surface area contributed by atoms with E-state index in [1.165, 1.54) is 13.3 Å². The number of carboxylic acid groups (broad SMARTS) is 1. The number of hydrogen-bond donors (Lipinski definition) is 6.